The van der Waals surface area contributed by atoms with Crippen molar-refractivity contribution in [3.05, 3.63) is 35.4 Å². The fourth-order valence-corrected chi connectivity index (χ4v) is 3.96. The lowest BCUT2D eigenvalue weighted by atomic mass is 9.94. The Morgan fingerprint density at radius 3 is 2.45 bits per heavy atom. The molecule has 0 amide bonds. The first kappa shape index (κ1) is 14.1. The van der Waals surface area contributed by atoms with E-state index in [0.717, 1.165) is 12.3 Å². The Balaban J connectivity index is 1.65. The molecule has 3 heteroatoms. The summed E-state index contributed by atoms with van der Waals surface area (Å²) in [5.41, 5.74) is 9.15. The van der Waals surface area contributed by atoms with Crippen LogP contribution in [0.1, 0.15) is 42.5 Å². The summed E-state index contributed by atoms with van der Waals surface area (Å²) < 4.78 is 0. The molecule has 0 bridgehead atoms. The second-order valence-corrected chi connectivity index (χ2v) is 6.73. The number of likely N-dealkylation sites (tertiary alicyclic amines) is 1. The molecule has 0 saturated carbocycles. The fourth-order valence-electron chi connectivity index (χ4n) is 3.96. The Morgan fingerprint density at radius 2 is 1.80 bits per heavy atom. The van der Waals surface area contributed by atoms with Crippen LogP contribution in [0.4, 0.5) is 0 Å². The molecule has 0 spiro atoms. The van der Waals surface area contributed by atoms with Gasteiger partial charge in [-0.3, -0.25) is 4.90 Å². The van der Waals surface area contributed by atoms with Gasteiger partial charge in [0.1, 0.15) is 0 Å². The number of fused-ring (bicyclic) bond motifs is 1. The standard InChI is InChI=1S/C17H27N3/c1-19(2)12-13-7-9-20(10-8-13)17-11-16(18)14-5-3-4-6-15(14)17/h3-6,13,16-17H,7-12,18H2,1-2H3. The normalized spacial score (nSPS) is 28.0. The smallest absolute Gasteiger partial charge is 0.0369 e. The monoisotopic (exact) mass is 273 g/mol. The number of hydrogen-bond donors (Lipinski definition) is 1. The van der Waals surface area contributed by atoms with Crippen molar-refractivity contribution in [3.63, 3.8) is 0 Å². The van der Waals surface area contributed by atoms with Crippen molar-refractivity contribution in [1.29, 1.82) is 0 Å². The zero-order valence-electron chi connectivity index (χ0n) is 12.8. The van der Waals surface area contributed by atoms with Crippen molar-refractivity contribution in [2.45, 2.75) is 31.3 Å². The van der Waals surface area contributed by atoms with Crippen LogP contribution in [0.25, 0.3) is 0 Å². The van der Waals surface area contributed by atoms with Crippen molar-refractivity contribution >= 4 is 0 Å². The summed E-state index contributed by atoms with van der Waals surface area (Å²) in [7, 11) is 4.36. The van der Waals surface area contributed by atoms with E-state index in [1.165, 1.54) is 43.6 Å². The molecule has 1 saturated heterocycles. The van der Waals surface area contributed by atoms with E-state index in [1.807, 2.05) is 0 Å². The molecule has 1 aliphatic heterocycles. The number of nitrogens with zero attached hydrogens (tertiary/aromatic N) is 2. The van der Waals surface area contributed by atoms with Crippen molar-refractivity contribution in [1.82, 2.24) is 9.80 Å². The van der Waals surface area contributed by atoms with E-state index in [-0.39, 0.29) is 6.04 Å². The Bertz CT molecular complexity index is 449. The maximum Gasteiger partial charge on any atom is 0.0369 e. The highest BCUT2D eigenvalue weighted by atomic mass is 15.2. The zero-order valence-corrected chi connectivity index (χ0v) is 12.8. The van der Waals surface area contributed by atoms with Crippen LogP contribution in [-0.4, -0.2) is 43.5 Å². The van der Waals surface area contributed by atoms with Gasteiger partial charge in [-0.05, 0) is 63.5 Å². The van der Waals surface area contributed by atoms with Gasteiger partial charge in [-0.25, -0.2) is 0 Å². The molecule has 1 aromatic carbocycles. The second kappa shape index (κ2) is 5.84. The van der Waals surface area contributed by atoms with Gasteiger partial charge in [-0.15, -0.1) is 0 Å². The summed E-state index contributed by atoms with van der Waals surface area (Å²) in [6, 6.07) is 9.54. The molecular weight excluding hydrogens is 246 g/mol. The van der Waals surface area contributed by atoms with E-state index in [4.69, 9.17) is 5.73 Å². The number of piperidine rings is 1. The minimum atomic E-state index is 0.232. The van der Waals surface area contributed by atoms with Crippen molar-refractivity contribution < 1.29 is 0 Å². The number of benzene rings is 1. The van der Waals surface area contributed by atoms with Crippen LogP contribution in [0.2, 0.25) is 0 Å². The van der Waals surface area contributed by atoms with Crippen LogP contribution in [0.3, 0.4) is 0 Å². The SMILES string of the molecule is CN(C)CC1CCN(C2CC(N)c3ccccc32)CC1. The maximum atomic E-state index is 6.30. The van der Waals surface area contributed by atoms with Crippen LogP contribution in [0, 0.1) is 5.92 Å². The van der Waals surface area contributed by atoms with Crippen LogP contribution >= 0.6 is 0 Å². The lowest BCUT2D eigenvalue weighted by Crippen LogP contribution is -2.38. The summed E-state index contributed by atoms with van der Waals surface area (Å²) in [6.07, 6.45) is 3.75. The van der Waals surface area contributed by atoms with Crippen molar-refractivity contribution in [3.8, 4) is 0 Å². The van der Waals surface area contributed by atoms with Crippen LogP contribution in [0.15, 0.2) is 24.3 Å². The van der Waals surface area contributed by atoms with Gasteiger partial charge in [-0.2, -0.15) is 0 Å². The average Bonchev–Trinajstić information content (AvgIpc) is 2.77. The first-order chi connectivity index (χ1) is 9.65. The summed E-state index contributed by atoms with van der Waals surface area (Å²) in [6.45, 7) is 3.68. The number of hydrogen-bond acceptors (Lipinski definition) is 3. The average molecular weight is 273 g/mol. The predicted octanol–water partition coefficient (Wildman–Crippen LogP) is 2.40. The lowest BCUT2D eigenvalue weighted by molar-refractivity contribution is 0.117. The number of nitrogens with two attached hydrogens (primary N) is 1. The zero-order chi connectivity index (χ0) is 14.1. The molecule has 0 radical (unpaired) electrons. The molecule has 0 aromatic heterocycles. The highest BCUT2D eigenvalue weighted by Crippen LogP contribution is 2.42. The van der Waals surface area contributed by atoms with Gasteiger partial charge in [0.15, 0.2) is 0 Å². The first-order valence-electron chi connectivity index (χ1n) is 7.88. The quantitative estimate of drug-likeness (QED) is 0.918. The van der Waals surface area contributed by atoms with E-state index in [9.17, 15) is 0 Å². The van der Waals surface area contributed by atoms with Gasteiger partial charge in [0.25, 0.3) is 0 Å². The van der Waals surface area contributed by atoms with E-state index in [2.05, 4.69) is 48.2 Å². The summed E-state index contributed by atoms with van der Waals surface area (Å²) >= 11 is 0. The Hall–Kier alpha value is -0.900. The third kappa shape index (κ3) is 2.76. The van der Waals surface area contributed by atoms with Gasteiger partial charge in [0, 0.05) is 18.6 Å². The van der Waals surface area contributed by atoms with E-state index < -0.39 is 0 Å². The Labute approximate surface area is 122 Å². The van der Waals surface area contributed by atoms with Gasteiger partial charge < -0.3 is 10.6 Å². The molecule has 110 valence electrons. The Kier molecular flexibility index (Phi) is 4.11. The topological polar surface area (TPSA) is 32.5 Å². The summed E-state index contributed by atoms with van der Waals surface area (Å²) in [5, 5.41) is 0. The van der Waals surface area contributed by atoms with E-state index in [0.29, 0.717) is 6.04 Å². The van der Waals surface area contributed by atoms with E-state index in [1.54, 1.807) is 0 Å². The van der Waals surface area contributed by atoms with Gasteiger partial charge >= 0.3 is 0 Å². The van der Waals surface area contributed by atoms with Crippen molar-refractivity contribution in [2.75, 3.05) is 33.7 Å². The second-order valence-electron chi connectivity index (χ2n) is 6.73. The van der Waals surface area contributed by atoms with Crippen LogP contribution < -0.4 is 5.73 Å². The fraction of sp³-hybridized carbons (Fsp3) is 0.647. The third-order valence-corrected chi connectivity index (χ3v) is 4.94. The van der Waals surface area contributed by atoms with Gasteiger partial charge in [0.05, 0.1) is 0 Å². The molecule has 1 heterocycles. The minimum absolute atomic E-state index is 0.232. The van der Waals surface area contributed by atoms with Crippen LogP contribution in [-0.2, 0) is 0 Å². The molecule has 1 aromatic rings. The molecular formula is C17H27N3. The van der Waals surface area contributed by atoms with E-state index >= 15 is 0 Å². The lowest BCUT2D eigenvalue weighted by Gasteiger charge is -2.37. The van der Waals surface area contributed by atoms with Gasteiger partial charge in [0.2, 0.25) is 0 Å². The van der Waals surface area contributed by atoms with Crippen molar-refractivity contribution in [2.24, 2.45) is 11.7 Å². The third-order valence-electron chi connectivity index (χ3n) is 4.94. The van der Waals surface area contributed by atoms with Crippen LogP contribution in [0.5, 0.6) is 0 Å². The highest BCUT2D eigenvalue weighted by molar-refractivity contribution is 5.37. The molecule has 20 heavy (non-hydrogen) atoms. The molecule has 2 aliphatic rings. The molecule has 2 N–H and O–H groups in total. The highest BCUT2D eigenvalue weighted by Gasteiger charge is 2.34. The molecule has 1 aliphatic carbocycles. The van der Waals surface area contributed by atoms with Gasteiger partial charge in [-0.1, -0.05) is 24.3 Å². The molecule has 2 atom stereocenters. The number of rotatable bonds is 3. The minimum Gasteiger partial charge on any atom is -0.324 e. The summed E-state index contributed by atoms with van der Waals surface area (Å²) in [4.78, 5) is 4.99. The molecule has 3 rings (SSSR count). The Morgan fingerprint density at radius 1 is 1.15 bits per heavy atom. The molecule has 2 unspecified atom stereocenters. The molecule has 1 fully saturated rings. The maximum absolute atomic E-state index is 6.30. The summed E-state index contributed by atoms with van der Waals surface area (Å²) in [5.74, 6) is 0.867. The predicted molar refractivity (Wildman–Crippen MR) is 83.6 cm³/mol. The molecule has 3 nitrogen and oxygen atoms in total. The first-order valence-corrected chi connectivity index (χ1v) is 7.88. The largest absolute Gasteiger partial charge is 0.324 e.